The van der Waals surface area contributed by atoms with Crippen molar-refractivity contribution < 1.29 is 19.1 Å². The molecule has 0 spiro atoms. The van der Waals surface area contributed by atoms with E-state index in [2.05, 4.69) is 10.4 Å². The van der Waals surface area contributed by atoms with Crippen LogP contribution in [0.2, 0.25) is 0 Å². The molecule has 0 aliphatic rings. The van der Waals surface area contributed by atoms with E-state index in [0.717, 1.165) is 5.69 Å². The van der Waals surface area contributed by atoms with Gasteiger partial charge >= 0.3 is 12.0 Å². The molecular formula is C16H18N4O4. The molecular weight excluding hydrogens is 312 g/mol. The molecule has 0 saturated carbocycles. The Morgan fingerprint density at radius 3 is 2.46 bits per heavy atom. The lowest BCUT2D eigenvalue weighted by Crippen LogP contribution is -2.39. The van der Waals surface area contributed by atoms with Gasteiger partial charge in [0, 0.05) is 7.05 Å². The Kier molecular flexibility index (Phi) is 5.31. The Morgan fingerprint density at radius 2 is 1.83 bits per heavy atom. The van der Waals surface area contributed by atoms with E-state index in [-0.39, 0.29) is 0 Å². The van der Waals surface area contributed by atoms with Crippen molar-refractivity contribution in [2.24, 2.45) is 0 Å². The van der Waals surface area contributed by atoms with E-state index in [9.17, 15) is 14.4 Å². The Balaban J connectivity index is 2.12. The molecule has 1 heterocycles. The largest absolute Gasteiger partial charge is 0.452 e. The third-order valence-corrected chi connectivity index (χ3v) is 3.31. The fourth-order valence-corrected chi connectivity index (χ4v) is 2.19. The molecule has 0 fully saturated rings. The fraction of sp³-hybridized carbons (Fsp3) is 0.250. The van der Waals surface area contributed by atoms with Crippen molar-refractivity contribution in [1.29, 1.82) is 0 Å². The van der Waals surface area contributed by atoms with E-state index in [1.807, 2.05) is 35.6 Å². The molecule has 3 amide bonds. The van der Waals surface area contributed by atoms with Crippen molar-refractivity contribution in [3.05, 3.63) is 47.3 Å². The number of hydrogen-bond acceptors (Lipinski definition) is 5. The van der Waals surface area contributed by atoms with Crippen molar-refractivity contribution >= 4 is 17.9 Å². The summed E-state index contributed by atoms with van der Waals surface area (Å²) in [5.74, 6) is -1.38. The van der Waals surface area contributed by atoms with Crippen LogP contribution in [0.25, 0.3) is 5.69 Å². The molecule has 2 aromatic rings. The predicted molar refractivity (Wildman–Crippen MR) is 85.9 cm³/mol. The highest BCUT2D eigenvalue weighted by molar-refractivity contribution is 5.97. The molecule has 0 aliphatic heterocycles. The van der Waals surface area contributed by atoms with Gasteiger partial charge < -0.3 is 10.1 Å². The average molecular weight is 330 g/mol. The number of hydrogen-bond donors (Lipinski definition) is 2. The molecule has 0 saturated heterocycles. The first-order valence-electron chi connectivity index (χ1n) is 7.24. The van der Waals surface area contributed by atoms with Crippen LogP contribution >= 0.6 is 0 Å². The van der Waals surface area contributed by atoms with Gasteiger partial charge in [0.05, 0.1) is 17.1 Å². The second kappa shape index (κ2) is 7.40. The van der Waals surface area contributed by atoms with E-state index in [0.29, 0.717) is 17.0 Å². The van der Waals surface area contributed by atoms with Crippen molar-refractivity contribution in [1.82, 2.24) is 20.4 Å². The third-order valence-electron chi connectivity index (χ3n) is 3.31. The van der Waals surface area contributed by atoms with Gasteiger partial charge in [-0.1, -0.05) is 18.2 Å². The van der Waals surface area contributed by atoms with Crippen LogP contribution < -0.4 is 10.6 Å². The summed E-state index contributed by atoms with van der Waals surface area (Å²) in [6, 6.07) is 8.69. The van der Waals surface area contributed by atoms with Crippen molar-refractivity contribution in [2.45, 2.75) is 13.8 Å². The second-order valence-electron chi connectivity index (χ2n) is 5.00. The number of nitrogens with zero attached hydrogens (tertiary/aromatic N) is 2. The summed E-state index contributed by atoms with van der Waals surface area (Å²) in [5, 5.41) is 8.58. The number of carbonyl (C=O) groups excluding carboxylic acids is 3. The number of urea groups is 1. The summed E-state index contributed by atoms with van der Waals surface area (Å²) in [5.41, 5.74) is 2.21. The number of esters is 1. The molecule has 1 aromatic carbocycles. The number of nitrogens with one attached hydrogen (secondary N) is 2. The van der Waals surface area contributed by atoms with Crippen molar-refractivity contribution in [3.8, 4) is 5.69 Å². The Labute approximate surface area is 138 Å². The van der Waals surface area contributed by atoms with Gasteiger partial charge in [-0.25, -0.2) is 14.3 Å². The Hall–Kier alpha value is -3.16. The SMILES string of the molecule is CNC(=O)NC(=O)COC(=O)c1c(C)nn(-c2ccccc2)c1C. The standard InChI is InChI=1S/C16H18N4O4/c1-10-14(15(22)24-9-13(21)18-16(23)17-3)11(2)20(19-10)12-7-5-4-6-8-12/h4-8H,9H2,1-3H3,(H2,17,18,21,23). The van der Waals surface area contributed by atoms with E-state index < -0.39 is 24.5 Å². The van der Waals surface area contributed by atoms with E-state index >= 15 is 0 Å². The lowest BCUT2D eigenvalue weighted by atomic mass is 10.2. The van der Waals surface area contributed by atoms with Gasteiger partial charge in [-0.05, 0) is 26.0 Å². The number of carbonyl (C=O) groups is 3. The number of imide groups is 1. The lowest BCUT2D eigenvalue weighted by Gasteiger charge is -2.06. The van der Waals surface area contributed by atoms with Crippen LogP contribution in [0.3, 0.4) is 0 Å². The van der Waals surface area contributed by atoms with Gasteiger partial charge in [-0.3, -0.25) is 10.1 Å². The van der Waals surface area contributed by atoms with Crippen LogP contribution in [0, 0.1) is 13.8 Å². The van der Waals surface area contributed by atoms with Gasteiger partial charge in [-0.15, -0.1) is 0 Å². The first kappa shape index (κ1) is 17.2. The fourth-order valence-electron chi connectivity index (χ4n) is 2.19. The zero-order valence-electron chi connectivity index (χ0n) is 13.6. The number of aromatic nitrogens is 2. The van der Waals surface area contributed by atoms with Crippen LogP contribution in [-0.4, -0.2) is 41.3 Å². The van der Waals surface area contributed by atoms with E-state index in [1.54, 1.807) is 18.5 Å². The minimum atomic E-state index is -0.714. The number of para-hydroxylation sites is 1. The molecule has 0 aliphatic carbocycles. The summed E-state index contributed by atoms with van der Waals surface area (Å²) in [4.78, 5) is 34.7. The van der Waals surface area contributed by atoms with Crippen LogP contribution in [0.4, 0.5) is 4.79 Å². The number of ether oxygens (including phenoxy) is 1. The highest BCUT2D eigenvalue weighted by Crippen LogP contribution is 2.18. The predicted octanol–water partition coefficient (Wildman–Crippen LogP) is 1.10. The monoisotopic (exact) mass is 330 g/mol. The molecule has 2 N–H and O–H groups in total. The third kappa shape index (κ3) is 3.78. The Morgan fingerprint density at radius 1 is 1.17 bits per heavy atom. The maximum Gasteiger partial charge on any atom is 0.342 e. The van der Waals surface area contributed by atoms with Crippen LogP contribution in [0.5, 0.6) is 0 Å². The first-order chi connectivity index (χ1) is 11.4. The maximum absolute atomic E-state index is 12.2. The average Bonchev–Trinajstić information content (AvgIpc) is 2.88. The number of benzene rings is 1. The molecule has 2 rings (SSSR count). The molecule has 0 bridgehead atoms. The first-order valence-corrected chi connectivity index (χ1v) is 7.24. The number of aryl methyl sites for hydroxylation is 1. The number of rotatable bonds is 4. The second-order valence-corrected chi connectivity index (χ2v) is 5.00. The van der Waals surface area contributed by atoms with Crippen molar-refractivity contribution in [2.75, 3.05) is 13.7 Å². The minimum absolute atomic E-state index is 0.298. The van der Waals surface area contributed by atoms with Gasteiger partial charge in [0.15, 0.2) is 6.61 Å². The van der Waals surface area contributed by atoms with Crippen LogP contribution in [-0.2, 0) is 9.53 Å². The summed E-state index contributed by atoms with van der Waals surface area (Å²) in [6.45, 7) is 2.88. The quantitative estimate of drug-likeness (QED) is 0.817. The van der Waals surface area contributed by atoms with Gasteiger partial charge in [-0.2, -0.15) is 5.10 Å². The maximum atomic E-state index is 12.2. The lowest BCUT2D eigenvalue weighted by molar-refractivity contribution is -0.123. The zero-order chi connectivity index (χ0) is 17.7. The van der Waals surface area contributed by atoms with E-state index in [1.165, 1.54) is 7.05 Å². The van der Waals surface area contributed by atoms with Crippen LogP contribution in [0.1, 0.15) is 21.7 Å². The van der Waals surface area contributed by atoms with Gasteiger partial charge in [0.25, 0.3) is 5.91 Å². The minimum Gasteiger partial charge on any atom is -0.452 e. The molecule has 24 heavy (non-hydrogen) atoms. The molecule has 0 radical (unpaired) electrons. The highest BCUT2D eigenvalue weighted by atomic mass is 16.5. The highest BCUT2D eigenvalue weighted by Gasteiger charge is 2.21. The molecule has 0 unspecified atom stereocenters. The molecule has 0 atom stereocenters. The molecule has 8 heteroatoms. The topological polar surface area (TPSA) is 102 Å². The summed E-state index contributed by atoms with van der Waals surface area (Å²) in [6.07, 6.45) is 0. The summed E-state index contributed by atoms with van der Waals surface area (Å²) in [7, 11) is 1.37. The van der Waals surface area contributed by atoms with Gasteiger partial charge in [0.1, 0.15) is 5.56 Å². The van der Waals surface area contributed by atoms with Crippen molar-refractivity contribution in [3.63, 3.8) is 0 Å². The summed E-state index contributed by atoms with van der Waals surface area (Å²) < 4.78 is 6.60. The number of amides is 3. The van der Waals surface area contributed by atoms with Gasteiger partial charge in [0.2, 0.25) is 0 Å². The normalized spacial score (nSPS) is 10.1. The zero-order valence-corrected chi connectivity index (χ0v) is 13.6. The van der Waals surface area contributed by atoms with Crippen LogP contribution in [0.15, 0.2) is 30.3 Å². The summed E-state index contributed by atoms with van der Waals surface area (Å²) >= 11 is 0. The smallest absolute Gasteiger partial charge is 0.342 e. The van der Waals surface area contributed by atoms with E-state index in [4.69, 9.17) is 4.74 Å². The molecule has 126 valence electrons. The Bertz CT molecular complexity index is 768. The molecule has 8 nitrogen and oxygen atoms in total. The molecule has 1 aromatic heterocycles.